The fourth-order valence-electron chi connectivity index (χ4n) is 2.74. The Labute approximate surface area is 155 Å². The normalized spacial score (nSPS) is 19.5. The van der Waals surface area contributed by atoms with Crippen molar-refractivity contribution in [3.05, 3.63) is 60.2 Å². The second-order valence-electron chi connectivity index (χ2n) is 7.17. The summed E-state index contributed by atoms with van der Waals surface area (Å²) in [6.07, 6.45) is 0. The van der Waals surface area contributed by atoms with Gasteiger partial charge in [0.1, 0.15) is 5.75 Å². The molecule has 0 spiro atoms. The van der Waals surface area contributed by atoms with E-state index in [-0.39, 0.29) is 5.41 Å². The van der Waals surface area contributed by atoms with Crippen molar-refractivity contribution >= 4 is 13.3 Å². The Balaban J connectivity index is 1.90. The lowest BCUT2D eigenvalue weighted by molar-refractivity contribution is 0.0387. The maximum absolute atomic E-state index is 13.5. The van der Waals surface area contributed by atoms with E-state index >= 15 is 0 Å². The first-order chi connectivity index (χ1) is 12.4. The van der Waals surface area contributed by atoms with Gasteiger partial charge in [-0.2, -0.15) is 0 Å². The van der Waals surface area contributed by atoms with Crippen LogP contribution < -0.4 is 10.1 Å². The van der Waals surface area contributed by atoms with E-state index in [1.807, 2.05) is 75.4 Å². The summed E-state index contributed by atoms with van der Waals surface area (Å²) in [4.78, 5) is 0. The molecule has 1 saturated heterocycles. The molecule has 1 aliphatic heterocycles. The van der Waals surface area contributed by atoms with Crippen LogP contribution in [0.15, 0.2) is 54.6 Å². The summed E-state index contributed by atoms with van der Waals surface area (Å²) in [5, 5.41) is 3.34. The average molecular weight is 375 g/mol. The van der Waals surface area contributed by atoms with Gasteiger partial charge in [-0.3, -0.25) is 4.57 Å². The van der Waals surface area contributed by atoms with Crippen LogP contribution in [0.3, 0.4) is 0 Å². The van der Waals surface area contributed by atoms with E-state index in [4.69, 9.17) is 13.8 Å². The maximum atomic E-state index is 13.5. The van der Waals surface area contributed by atoms with Gasteiger partial charge in [0.25, 0.3) is 0 Å². The Bertz CT molecular complexity index is 764. The van der Waals surface area contributed by atoms with Crippen LogP contribution in [0, 0.1) is 5.41 Å². The molecule has 2 aromatic carbocycles. The van der Waals surface area contributed by atoms with Gasteiger partial charge in [-0.1, -0.05) is 50.2 Å². The van der Waals surface area contributed by atoms with E-state index in [1.165, 1.54) is 0 Å². The van der Waals surface area contributed by atoms with Gasteiger partial charge in [-0.25, -0.2) is 0 Å². The lowest BCUT2D eigenvalue weighted by Gasteiger charge is -2.38. The largest absolute Gasteiger partial charge is 0.494 e. The van der Waals surface area contributed by atoms with E-state index in [1.54, 1.807) is 0 Å². The lowest BCUT2D eigenvalue weighted by Crippen LogP contribution is -2.31. The first kappa shape index (κ1) is 19.0. The number of hydrogen-bond acceptors (Lipinski definition) is 5. The summed E-state index contributed by atoms with van der Waals surface area (Å²) in [6.45, 7) is 7.39. The first-order valence-corrected chi connectivity index (χ1v) is 10.5. The molecule has 0 bridgehead atoms. The third-order valence-electron chi connectivity index (χ3n) is 4.15. The van der Waals surface area contributed by atoms with Crippen molar-refractivity contribution in [1.29, 1.82) is 0 Å². The monoisotopic (exact) mass is 375 g/mol. The highest BCUT2D eigenvalue weighted by atomic mass is 31.2. The van der Waals surface area contributed by atoms with Crippen molar-refractivity contribution in [3.8, 4) is 5.75 Å². The molecule has 5 nitrogen and oxygen atoms in total. The van der Waals surface area contributed by atoms with Crippen LogP contribution in [0.4, 0.5) is 5.69 Å². The van der Waals surface area contributed by atoms with Crippen molar-refractivity contribution in [2.75, 3.05) is 25.1 Å². The van der Waals surface area contributed by atoms with Gasteiger partial charge in [0.15, 0.2) is 5.78 Å². The minimum absolute atomic E-state index is 0.149. The standard InChI is InChI=1S/C20H26NO4P/c1-4-23-18-12-8-11-17(13-18)21-19(16-9-6-5-7-10-16)26(22)24-14-20(2,3)15-25-26/h5-13,19,21H,4,14-15H2,1-3H3/t19-/m0/s1. The number of hydrogen-bond donors (Lipinski definition) is 1. The predicted octanol–water partition coefficient (Wildman–Crippen LogP) is 5.46. The quantitative estimate of drug-likeness (QED) is 0.679. The summed E-state index contributed by atoms with van der Waals surface area (Å²) in [5.74, 6) is 0.172. The van der Waals surface area contributed by atoms with Gasteiger partial charge in [0.05, 0.1) is 19.8 Å². The molecule has 1 fully saturated rings. The summed E-state index contributed by atoms with van der Waals surface area (Å²) in [5.41, 5.74) is 1.51. The van der Waals surface area contributed by atoms with Crippen molar-refractivity contribution in [3.63, 3.8) is 0 Å². The molecule has 1 heterocycles. The zero-order chi connectivity index (χ0) is 18.6. The highest BCUT2D eigenvalue weighted by molar-refractivity contribution is 7.54. The molecule has 0 aromatic heterocycles. The molecule has 1 N–H and O–H groups in total. The molecule has 1 atom stereocenters. The number of nitrogens with one attached hydrogen (secondary N) is 1. The van der Waals surface area contributed by atoms with E-state index in [0.29, 0.717) is 19.8 Å². The zero-order valence-corrected chi connectivity index (χ0v) is 16.4. The van der Waals surface area contributed by atoms with Crippen molar-refractivity contribution in [2.24, 2.45) is 5.41 Å². The molecule has 6 heteroatoms. The first-order valence-electron chi connectivity index (χ1n) is 8.85. The third kappa shape index (κ3) is 4.47. The van der Waals surface area contributed by atoms with Gasteiger partial charge >= 0.3 is 7.60 Å². The smallest absolute Gasteiger partial charge is 0.357 e. The van der Waals surface area contributed by atoms with Gasteiger partial charge in [-0.15, -0.1) is 0 Å². The zero-order valence-electron chi connectivity index (χ0n) is 15.5. The summed E-state index contributed by atoms with van der Waals surface area (Å²) < 4.78 is 30.6. The summed E-state index contributed by atoms with van der Waals surface area (Å²) >= 11 is 0. The molecule has 140 valence electrons. The predicted molar refractivity (Wildman–Crippen MR) is 104 cm³/mol. The molecule has 0 unspecified atom stereocenters. The van der Waals surface area contributed by atoms with Crippen LogP contribution in [-0.4, -0.2) is 19.8 Å². The number of benzene rings is 2. The molecule has 3 rings (SSSR count). The van der Waals surface area contributed by atoms with Crippen molar-refractivity contribution in [2.45, 2.75) is 26.6 Å². The molecule has 0 amide bonds. The molecule has 0 aliphatic carbocycles. The molecular weight excluding hydrogens is 349 g/mol. The average Bonchev–Trinajstić information content (AvgIpc) is 2.64. The highest BCUT2D eigenvalue weighted by Gasteiger charge is 2.43. The van der Waals surface area contributed by atoms with Crippen LogP contribution in [0.1, 0.15) is 32.1 Å². The molecule has 1 aliphatic rings. The maximum Gasteiger partial charge on any atom is 0.357 e. The van der Waals surface area contributed by atoms with E-state index in [0.717, 1.165) is 17.0 Å². The molecule has 2 aromatic rings. The fourth-order valence-corrected chi connectivity index (χ4v) is 5.01. The number of ether oxygens (including phenoxy) is 1. The van der Waals surface area contributed by atoms with Gasteiger partial charge < -0.3 is 19.1 Å². The minimum atomic E-state index is -3.37. The molecule has 0 saturated carbocycles. The van der Waals surface area contributed by atoms with E-state index < -0.39 is 13.4 Å². The highest BCUT2D eigenvalue weighted by Crippen LogP contribution is 2.63. The Morgan fingerprint density at radius 1 is 1.12 bits per heavy atom. The van der Waals surface area contributed by atoms with Crippen LogP contribution in [0.5, 0.6) is 5.75 Å². The van der Waals surface area contributed by atoms with Crippen LogP contribution in [0.25, 0.3) is 0 Å². The Hall–Kier alpha value is -1.81. The number of anilines is 1. The second kappa shape index (κ2) is 7.83. The molecular formula is C20H26NO4P. The van der Waals surface area contributed by atoms with Crippen LogP contribution in [0.2, 0.25) is 0 Å². The van der Waals surface area contributed by atoms with Crippen molar-refractivity contribution < 1.29 is 18.3 Å². The minimum Gasteiger partial charge on any atom is -0.494 e. The fraction of sp³-hybridized carbons (Fsp3) is 0.400. The molecule has 0 radical (unpaired) electrons. The number of rotatable bonds is 6. The molecule has 26 heavy (non-hydrogen) atoms. The third-order valence-corrected chi connectivity index (χ3v) is 6.19. The van der Waals surface area contributed by atoms with Crippen LogP contribution >= 0.6 is 7.60 Å². The lowest BCUT2D eigenvalue weighted by atomic mass is 9.97. The van der Waals surface area contributed by atoms with Gasteiger partial charge in [0.2, 0.25) is 0 Å². The van der Waals surface area contributed by atoms with Gasteiger partial charge in [0, 0.05) is 17.2 Å². The Morgan fingerprint density at radius 3 is 2.46 bits per heavy atom. The van der Waals surface area contributed by atoms with E-state index in [9.17, 15) is 4.57 Å². The topological polar surface area (TPSA) is 56.8 Å². The summed E-state index contributed by atoms with van der Waals surface area (Å²) in [7, 11) is -3.37. The van der Waals surface area contributed by atoms with Crippen molar-refractivity contribution in [1.82, 2.24) is 0 Å². The SMILES string of the molecule is CCOc1cccc(N[C@H](c2ccccc2)P2(=O)OCC(C)(C)CO2)c1. The van der Waals surface area contributed by atoms with Crippen LogP contribution in [-0.2, 0) is 13.6 Å². The van der Waals surface area contributed by atoms with E-state index in [2.05, 4.69) is 5.32 Å². The Kier molecular flexibility index (Phi) is 5.71. The second-order valence-corrected chi connectivity index (χ2v) is 9.28. The summed E-state index contributed by atoms with van der Waals surface area (Å²) in [6, 6.07) is 17.2. The Morgan fingerprint density at radius 2 is 1.81 bits per heavy atom. The van der Waals surface area contributed by atoms with Gasteiger partial charge in [-0.05, 0) is 24.6 Å².